The number of rotatable bonds is 5. The molecule has 4 heteroatoms. The van der Waals surface area contributed by atoms with E-state index in [2.05, 4.69) is 5.32 Å². The van der Waals surface area contributed by atoms with Gasteiger partial charge in [-0.15, -0.1) is 0 Å². The minimum absolute atomic E-state index is 0.0421. The summed E-state index contributed by atoms with van der Waals surface area (Å²) in [6.07, 6.45) is 1.47. The summed E-state index contributed by atoms with van der Waals surface area (Å²) in [5.74, 6) is -0.108. The van der Waals surface area contributed by atoms with Crippen molar-refractivity contribution in [1.29, 1.82) is 0 Å². The molecule has 0 aliphatic carbocycles. The van der Waals surface area contributed by atoms with Crippen molar-refractivity contribution in [2.75, 3.05) is 13.2 Å². The Bertz CT molecular complexity index is 402. The standard InChI is InChI=1S/C14H19NO3/c1-2-18-11-5-3-10(4-6-11)9-13-12(14(16)17)7-8-15-13/h3-6,12-13,15H,2,7-9H2,1H3,(H,16,17). The lowest BCUT2D eigenvalue weighted by atomic mass is 9.95. The third-order valence-corrected chi connectivity index (χ3v) is 3.35. The molecule has 18 heavy (non-hydrogen) atoms. The quantitative estimate of drug-likeness (QED) is 0.833. The van der Waals surface area contributed by atoms with Crippen LogP contribution in [0.25, 0.3) is 0 Å². The van der Waals surface area contributed by atoms with Gasteiger partial charge in [0.15, 0.2) is 0 Å². The summed E-state index contributed by atoms with van der Waals surface area (Å²) in [4.78, 5) is 11.1. The lowest BCUT2D eigenvalue weighted by Crippen LogP contribution is -2.33. The monoisotopic (exact) mass is 249 g/mol. The zero-order valence-electron chi connectivity index (χ0n) is 10.6. The van der Waals surface area contributed by atoms with Crippen molar-refractivity contribution in [3.8, 4) is 5.75 Å². The summed E-state index contributed by atoms with van der Waals surface area (Å²) in [6, 6.07) is 7.92. The topological polar surface area (TPSA) is 58.6 Å². The molecule has 1 heterocycles. The highest BCUT2D eigenvalue weighted by Gasteiger charge is 2.32. The van der Waals surface area contributed by atoms with Gasteiger partial charge in [-0.2, -0.15) is 0 Å². The maximum atomic E-state index is 11.1. The minimum atomic E-state index is -0.698. The van der Waals surface area contributed by atoms with Crippen LogP contribution in [0.2, 0.25) is 0 Å². The molecule has 1 aromatic rings. The van der Waals surface area contributed by atoms with Gasteiger partial charge in [0.1, 0.15) is 5.75 Å². The zero-order chi connectivity index (χ0) is 13.0. The van der Waals surface area contributed by atoms with Crippen molar-refractivity contribution in [2.45, 2.75) is 25.8 Å². The van der Waals surface area contributed by atoms with Gasteiger partial charge in [-0.3, -0.25) is 4.79 Å². The Hall–Kier alpha value is -1.55. The van der Waals surface area contributed by atoms with Gasteiger partial charge < -0.3 is 15.2 Å². The molecular formula is C14H19NO3. The molecule has 1 saturated heterocycles. The van der Waals surface area contributed by atoms with Crippen LogP contribution in [0, 0.1) is 5.92 Å². The molecule has 0 amide bonds. The first-order valence-electron chi connectivity index (χ1n) is 6.38. The molecule has 98 valence electrons. The molecule has 2 unspecified atom stereocenters. The highest BCUT2D eigenvalue weighted by molar-refractivity contribution is 5.71. The third-order valence-electron chi connectivity index (χ3n) is 3.35. The van der Waals surface area contributed by atoms with E-state index in [0.717, 1.165) is 30.7 Å². The first-order valence-corrected chi connectivity index (χ1v) is 6.38. The number of benzene rings is 1. The molecule has 0 aromatic heterocycles. The minimum Gasteiger partial charge on any atom is -0.494 e. The van der Waals surface area contributed by atoms with Crippen LogP contribution in [0.4, 0.5) is 0 Å². The Morgan fingerprint density at radius 1 is 1.44 bits per heavy atom. The lowest BCUT2D eigenvalue weighted by molar-refractivity contribution is -0.141. The van der Waals surface area contributed by atoms with E-state index in [9.17, 15) is 4.79 Å². The van der Waals surface area contributed by atoms with Crippen LogP contribution in [0.3, 0.4) is 0 Å². The van der Waals surface area contributed by atoms with Crippen molar-refractivity contribution < 1.29 is 14.6 Å². The molecule has 2 N–H and O–H groups in total. The van der Waals surface area contributed by atoms with E-state index in [1.807, 2.05) is 31.2 Å². The van der Waals surface area contributed by atoms with Crippen molar-refractivity contribution in [3.05, 3.63) is 29.8 Å². The van der Waals surface area contributed by atoms with Gasteiger partial charge in [0, 0.05) is 6.04 Å². The van der Waals surface area contributed by atoms with Gasteiger partial charge in [-0.05, 0) is 44.0 Å². The number of nitrogens with one attached hydrogen (secondary N) is 1. The number of ether oxygens (including phenoxy) is 1. The molecule has 1 aromatic carbocycles. The van der Waals surface area contributed by atoms with Gasteiger partial charge in [-0.25, -0.2) is 0 Å². The van der Waals surface area contributed by atoms with Crippen LogP contribution < -0.4 is 10.1 Å². The van der Waals surface area contributed by atoms with Gasteiger partial charge >= 0.3 is 5.97 Å². The van der Waals surface area contributed by atoms with E-state index in [4.69, 9.17) is 9.84 Å². The molecule has 1 aliphatic rings. The van der Waals surface area contributed by atoms with Crippen LogP contribution in [0.1, 0.15) is 18.9 Å². The van der Waals surface area contributed by atoms with E-state index < -0.39 is 5.97 Å². The van der Waals surface area contributed by atoms with Crippen molar-refractivity contribution >= 4 is 5.97 Å². The van der Waals surface area contributed by atoms with Crippen molar-refractivity contribution in [1.82, 2.24) is 5.32 Å². The Kier molecular flexibility index (Phi) is 4.20. The summed E-state index contributed by atoms with van der Waals surface area (Å²) in [5, 5.41) is 12.4. The Labute approximate surface area is 107 Å². The largest absolute Gasteiger partial charge is 0.494 e. The summed E-state index contributed by atoms with van der Waals surface area (Å²) in [7, 11) is 0. The van der Waals surface area contributed by atoms with E-state index in [1.54, 1.807) is 0 Å². The van der Waals surface area contributed by atoms with Crippen molar-refractivity contribution in [3.63, 3.8) is 0 Å². The second-order valence-corrected chi connectivity index (χ2v) is 4.58. The predicted molar refractivity (Wildman–Crippen MR) is 68.8 cm³/mol. The number of carboxylic acid groups (broad SMARTS) is 1. The first kappa shape index (κ1) is 12.9. The normalized spacial score (nSPS) is 22.9. The van der Waals surface area contributed by atoms with Gasteiger partial charge in [0.2, 0.25) is 0 Å². The average molecular weight is 249 g/mol. The maximum absolute atomic E-state index is 11.1. The predicted octanol–water partition coefficient (Wildman–Crippen LogP) is 1.69. The average Bonchev–Trinajstić information content (AvgIpc) is 2.80. The van der Waals surface area contributed by atoms with E-state index in [-0.39, 0.29) is 12.0 Å². The molecule has 0 saturated carbocycles. The molecule has 2 rings (SSSR count). The summed E-state index contributed by atoms with van der Waals surface area (Å²) >= 11 is 0. The SMILES string of the molecule is CCOc1ccc(CC2NCCC2C(=O)O)cc1. The van der Waals surface area contributed by atoms with E-state index in [1.165, 1.54) is 0 Å². The number of carbonyl (C=O) groups is 1. The van der Waals surface area contributed by atoms with Crippen LogP contribution in [-0.4, -0.2) is 30.3 Å². The number of aliphatic carboxylic acids is 1. The molecule has 4 nitrogen and oxygen atoms in total. The van der Waals surface area contributed by atoms with E-state index in [0.29, 0.717) is 6.61 Å². The maximum Gasteiger partial charge on any atom is 0.308 e. The Morgan fingerprint density at radius 2 is 2.17 bits per heavy atom. The molecule has 0 radical (unpaired) electrons. The third kappa shape index (κ3) is 3.01. The summed E-state index contributed by atoms with van der Waals surface area (Å²) < 4.78 is 5.38. The lowest BCUT2D eigenvalue weighted by Gasteiger charge is -2.16. The highest BCUT2D eigenvalue weighted by atomic mass is 16.5. The zero-order valence-corrected chi connectivity index (χ0v) is 10.6. The summed E-state index contributed by atoms with van der Waals surface area (Å²) in [5.41, 5.74) is 1.14. The smallest absolute Gasteiger partial charge is 0.308 e. The fraction of sp³-hybridized carbons (Fsp3) is 0.500. The molecule has 1 aliphatic heterocycles. The molecule has 0 bridgehead atoms. The molecule has 2 atom stereocenters. The van der Waals surface area contributed by atoms with Crippen LogP contribution >= 0.6 is 0 Å². The van der Waals surface area contributed by atoms with Crippen LogP contribution in [0.5, 0.6) is 5.75 Å². The fourth-order valence-electron chi connectivity index (χ4n) is 2.42. The Morgan fingerprint density at radius 3 is 2.78 bits per heavy atom. The van der Waals surface area contributed by atoms with Gasteiger partial charge in [-0.1, -0.05) is 12.1 Å². The molecule has 0 spiro atoms. The fourth-order valence-corrected chi connectivity index (χ4v) is 2.42. The number of carboxylic acids is 1. The van der Waals surface area contributed by atoms with Crippen molar-refractivity contribution in [2.24, 2.45) is 5.92 Å². The summed E-state index contributed by atoms with van der Waals surface area (Å²) in [6.45, 7) is 3.40. The molecular weight excluding hydrogens is 230 g/mol. The molecule has 1 fully saturated rings. The number of hydrogen-bond donors (Lipinski definition) is 2. The van der Waals surface area contributed by atoms with Gasteiger partial charge in [0.05, 0.1) is 12.5 Å². The second kappa shape index (κ2) is 5.87. The number of hydrogen-bond acceptors (Lipinski definition) is 3. The van der Waals surface area contributed by atoms with E-state index >= 15 is 0 Å². The highest BCUT2D eigenvalue weighted by Crippen LogP contribution is 2.21. The first-order chi connectivity index (χ1) is 8.70. The Balaban J connectivity index is 1.98. The van der Waals surface area contributed by atoms with Crippen LogP contribution in [0.15, 0.2) is 24.3 Å². The van der Waals surface area contributed by atoms with Gasteiger partial charge in [0.25, 0.3) is 0 Å². The van der Waals surface area contributed by atoms with Crippen LogP contribution in [-0.2, 0) is 11.2 Å². The second-order valence-electron chi connectivity index (χ2n) is 4.58.